The van der Waals surface area contributed by atoms with Crippen LogP contribution >= 0.6 is 0 Å². The number of aromatic nitrogens is 2. The largest absolute Gasteiger partial charge is 1.00 e. The minimum absolute atomic E-state index is 0. The summed E-state index contributed by atoms with van der Waals surface area (Å²) in [5.41, 5.74) is 11.2. The zero-order valence-corrected chi connectivity index (χ0v) is 29.0. The van der Waals surface area contributed by atoms with Crippen molar-refractivity contribution in [3.8, 4) is 0 Å². The van der Waals surface area contributed by atoms with Crippen molar-refractivity contribution in [2.75, 3.05) is 0 Å². The number of carboxylic acids is 2. The summed E-state index contributed by atoms with van der Waals surface area (Å²) in [7, 11) is 0. The Morgan fingerprint density at radius 1 is 0.727 bits per heavy atom. The zero-order chi connectivity index (χ0) is 31.6. The van der Waals surface area contributed by atoms with Gasteiger partial charge in [0.05, 0.1) is 12.1 Å². The normalized spacial score (nSPS) is 18.1. The molecule has 11 heteroatoms. The second-order valence-electron chi connectivity index (χ2n) is 11.8. The van der Waals surface area contributed by atoms with Gasteiger partial charge in [-0.15, -0.1) is 0 Å². The van der Waals surface area contributed by atoms with E-state index < -0.39 is 11.9 Å². The molecule has 4 rings (SSSR count). The van der Waals surface area contributed by atoms with E-state index in [0.717, 1.165) is 73.7 Å². The summed E-state index contributed by atoms with van der Waals surface area (Å²) >= 11 is 0. The Bertz CT molecular complexity index is 1540. The van der Waals surface area contributed by atoms with Crippen molar-refractivity contribution in [1.29, 1.82) is 0 Å². The second kappa shape index (κ2) is 14.8. The molecule has 0 aromatic carbocycles. The van der Waals surface area contributed by atoms with Crippen LogP contribution in [-0.4, -0.2) is 56.0 Å². The molecular formula is C33H45N4NaO6. The van der Waals surface area contributed by atoms with Gasteiger partial charge in [0.15, 0.2) is 0 Å². The number of carbonyl (C=O) groups is 4. The summed E-state index contributed by atoms with van der Waals surface area (Å²) in [6.45, 7) is 11.8. The van der Waals surface area contributed by atoms with Crippen LogP contribution in [0.3, 0.4) is 0 Å². The van der Waals surface area contributed by atoms with Crippen LogP contribution in [0.4, 0.5) is 0 Å². The van der Waals surface area contributed by atoms with Gasteiger partial charge in [-0.3, -0.25) is 19.2 Å². The fourth-order valence-corrected chi connectivity index (χ4v) is 6.79. The Morgan fingerprint density at radius 3 is 1.64 bits per heavy atom. The van der Waals surface area contributed by atoms with Crippen molar-refractivity contribution in [1.82, 2.24) is 20.6 Å². The van der Waals surface area contributed by atoms with Gasteiger partial charge in [-0.1, -0.05) is 13.8 Å². The maximum absolute atomic E-state index is 12.5. The number of carbonyl (C=O) groups excluding carboxylic acids is 2. The summed E-state index contributed by atoms with van der Waals surface area (Å²) in [4.78, 5) is 55.1. The number of aliphatic carboxylic acids is 2. The first-order valence-corrected chi connectivity index (χ1v) is 15.2. The average molecular weight is 617 g/mol. The van der Waals surface area contributed by atoms with Gasteiger partial charge < -0.3 is 32.2 Å². The van der Waals surface area contributed by atoms with Crippen LogP contribution in [0, 0.1) is 13.8 Å². The second-order valence-corrected chi connectivity index (χ2v) is 11.8. The maximum atomic E-state index is 12.5. The van der Waals surface area contributed by atoms with Crippen LogP contribution in [0.25, 0.3) is 0 Å². The molecule has 0 spiro atoms. The molecule has 0 saturated heterocycles. The fourth-order valence-electron chi connectivity index (χ4n) is 6.79. The van der Waals surface area contributed by atoms with Crippen LogP contribution in [0.5, 0.6) is 0 Å². The van der Waals surface area contributed by atoms with Crippen LogP contribution in [0.2, 0.25) is 0 Å². The average Bonchev–Trinajstić information content (AvgIpc) is 3.59. The molecule has 0 fully saturated rings. The molecule has 2 unspecified atom stereocenters. The molecule has 2 aromatic rings. The Kier molecular flexibility index (Phi) is 11.9. The van der Waals surface area contributed by atoms with E-state index in [9.17, 15) is 29.4 Å². The van der Waals surface area contributed by atoms with Crippen molar-refractivity contribution in [3.63, 3.8) is 0 Å². The van der Waals surface area contributed by atoms with Crippen LogP contribution < -0.4 is 40.2 Å². The molecule has 44 heavy (non-hydrogen) atoms. The van der Waals surface area contributed by atoms with Crippen molar-refractivity contribution in [3.05, 3.63) is 67.3 Å². The Morgan fingerprint density at radius 2 is 1.20 bits per heavy atom. The third kappa shape index (κ3) is 7.41. The molecule has 10 nitrogen and oxygen atoms in total. The smallest absolute Gasteiger partial charge is 1.00 e. The number of nitrogens with one attached hydrogen (secondary N) is 4. The van der Waals surface area contributed by atoms with E-state index in [-0.39, 0.29) is 67.7 Å². The zero-order valence-electron chi connectivity index (χ0n) is 28.0. The number of hydrogen-bond donors (Lipinski definition) is 6. The number of amides is 2. The molecule has 2 aromatic heterocycles. The summed E-state index contributed by atoms with van der Waals surface area (Å²) in [6, 6.07) is -0.247. The molecule has 2 aliphatic rings. The SMILES string of the molecule is CCC1=C(C)C(Cc2[nH]c(Cc3[nH]c(CC4NC(=O)C(C)=C4CC)c(C)c3CCC(=O)O)c(CCC(=O)O)c2C)NC1=O.[H-].[Na+]. The predicted octanol–water partition coefficient (Wildman–Crippen LogP) is 1.24. The molecule has 0 bridgehead atoms. The molecule has 234 valence electrons. The fraction of sp³-hybridized carbons (Fsp3) is 0.515. The number of aromatic amines is 2. The van der Waals surface area contributed by atoms with E-state index >= 15 is 0 Å². The molecule has 0 radical (unpaired) electrons. The van der Waals surface area contributed by atoms with Crippen molar-refractivity contribution < 1.29 is 60.4 Å². The number of H-pyrrole nitrogens is 2. The topological polar surface area (TPSA) is 164 Å². The minimum Gasteiger partial charge on any atom is -1.00 e. The summed E-state index contributed by atoms with van der Waals surface area (Å²) < 4.78 is 0. The van der Waals surface area contributed by atoms with Gasteiger partial charge in [0.2, 0.25) is 11.8 Å². The van der Waals surface area contributed by atoms with Crippen LogP contribution in [0.1, 0.15) is 99.8 Å². The minimum atomic E-state index is -0.878. The number of carboxylic acid groups (broad SMARTS) is 2. The van der Waals surface area contributed by atoms with Gasteiger partial charge in [0.25, 0.3) is 0 Å². The Hall–Kier alpha value is -3.08. The maximum Gasteiger partial charge on any atom is 1.00 e. The third-order valence-corrected chi connectivity index (χ3v) is 9.35. The summed E-state index contributed by atoms with van der Waals surface area (Å²) in [6.07, 6.45) is 3.70. The van der Waals surface area contributed by atoms with E-state index in [1.54, 1.807) is 0 Å². The van der Waals surface area contributed by atoms with Gasteiger partial charge in [0.1, 0.15) is 0 Å². The summed E-state index contributed by atoms with van der Waals surface area (Å²) in [5, 5.41) is 25.1. The molecule has 2 aliphatic heterocycles. The van der Waals surface area contributed by atoms with Gasteiger partial charge in [-0.2, -0.15) is 0 Å². The first kappa shape index (κ1) is 35.4. The first-order valence-electron chi connectivity index (χ1n) is 15.2. The molecule has 4 heterocycles. The Balaban J connectivity index is 0.00000353. The van der Waals surface area contributed by atoms with Crippen molar-refractivity contribution in [2.45, 2.75) is 111 Å². The molecule has 6 N–H and O–H groups in total. The van der Waals surface area contributed by atoms with Crippen molar-refractivity contribution >= 4 is 23.8 Å². The van der Waals surface area contributed by atoms with E-state index in [2.05, 4.69) is 20.6 Å². The van der Waals surface area contributed by atoms with E-state index in [1.807, 2.05) is 41.5 Å². The number of rotatable bonds is 14. The predicted molar refractivity (Wildman–Crippen MR) is 164 cm³/mol. The van der Waals surface area contributed by atoms with Crippen LogP contribution in [-0.2, 0) is 51.3 Å². The first-order chi connectivity index (χ1) is 20.4. The molecule has 0 aliphatic carbocycles. The Labute approximate surface area is 282 Å². The van der Waals surface area contributed by atoms with Gasteiger partial charge >= 0.3 is 41.5 Å². The van der Waals surface area contributed by atoms with E-state index in [0.29, 0.717) is 38.5 Å². The van der Waals surface area contributed by atoms with Crippen LogP contribution in [0.15, 0.2) is 22.3 Å². The standard InChI is InChI=1S/C33H44N4O6.Na.H/c1-7-20-19(6)32(42)37-27(20)14-25-18(5)23(10-12-31(40)41)29(35-25)15-28-22(9-11-30(38)39)17(4)24(34-28)13-26-16(3)21(8-2)33(43)36-26;;/h26-27,34-35H,7-15H2,1-6H3,(H,36,43)(H,37,42)(H,38,39)(H,40,41);;/q;+1;-1. The quantitative estimate of drug-likeness (QED) is 0.175. The molecule has 2 atom stereocenters. The summed E-state index contributed by atoms with van der Waals surface area (Å²) in [5.74, 6) is -1.84. The van der Waals surface area contributed by atoms with Gasteiger partial charge in [-0.25, -0.2) is 0 Å². The molecular weight excluding hydrogens is 571 g/mol. The third-order valence-electron chi connectivity index (χ3n) is 9.35. The monoisotopic (exact) mass is 616 g/mol. The molecule has 0 saturated carbocycles. The number of hydrogen-bond acceptors (Lipinski definition) is 4. The van der Waals surface area contributed by atoms with Gasteiger partial charge in [0, 0.05) is 66.0 Å². The van der Waals surface area contributed by atoms with E-state index in [1.165, 1.54) is 0 Å². The van der Waals surface area contributed by atoms with Crippen molar-refractivity contribution in [2.24, 2.45) is 0 Å². The van der Waals surface area contributed by atoms with Gasteiger partial charge in [-0.05, 0) is 86.8 Å². The van der Waals surface area contributed by atoms with E-state index in [4.69, 9.17) is 0 Å². The molecule has 2 amide bonds.